The predicted octanol–water partition coefficient (Wildman–Crippen LogP) is 3.63. The van der Waals surface area contributed by atoms with Gasteiger partial charge >= 0.3 is 0 Å². The average molecular weight is 281 g/mol. The Bertz CT molecular complexity index is 476. The molecule has 0 spiro atoms. The molecule has 0 aliphatic rings. The van der Waals surface area contributed by atoms with E-state index in [-0.39, 0.29) is 0 Å². The summed E-state index contributed by atoms with van der Waals surface area (Å²) in [5, 5.41) is 10.00. The van der Waals surface area contributed by atoms with Gasteiger partial charge in [-0.2, -0.15) is 0 Å². The molecule has 1 N–H and O–H groups in total. The maximum atomic E-state index is 10.00. The molecule has 0 bridgehead atoms. The molecule has 1 atom stereocenters. The molecule has 0 saturated heterocycles. The zero-order valence-electron chi connectivity index (χ0n) is 8.98. The lowest BCUT2D eigenvalue weighted by Gasteiger charge is -2.09. The highest BCUT2D eigenvalue weighted by Crippen LogP contribution is 2.24. The van der Waals surface area contributed by atoms with Crippen molar-refractivity contribution in [2.45, 2.75) is 19.4 Å². The number of benzene rings is 1. The van der Waals surface area contributed by atoms with E-state index in [2.05, 4.69) is 15.9 Å². The van der Waals surface area contributed by atoms with E-state index >= 15 is 0 Å². The second-order valence-electron chi connectivity index (χ2n) is 3.79. The van der Waals surface area contributed by atoms with Crippen LogP contribution in [0.25, 0.3) is 0 Å². The topological polar surface area (TPSA) is 33.4 Å². The molecule has 0 amide bonds. The minimum atomic E-state index is -0.590. The fourth-order valence-electron chi connectivity index (χ4n) is 1.66. The number of halogens is 1. The van der Waals surface area contributed by atoms with Crippen molar-refractivity contribution < 1.29 is 9.52 Å². The van der Waals surface area contributed by atoms with E-state index in [9.17, 15) is 5.11 Å². The van der Waals surface area contributed by atoms with Crippen molar-refractivity contribution in [2.24, 2.45) is 0 Å². The van der Waals surface area contributed by atoms with Crippen molar-refractivity contribution in [3.05, 3.63) is 58.0 Å². The van der Waals surface area contributed by atoms with Gasteiger partial charge in [0.25, 0.3) is 0 Å². The van der Waals surface area contributed by atoms with Crippen molar-refractivity contribution in [3.63, 3.8) is 0 Å². The number of aliphatic hydroxyl groups excluding tert-OH is 1. The van der Waals surface area contributed by atoms with E-state index in [1.807, 2.05) is 31.2 Å². The first-order valence-corrected chi connectivity index (χ1v) is 5.94. The molecule has 84 valence electrons. The summed E-state index contributed by atoms with van der Waals surface area (Å²) in [7, 11) is 0. The van der Waals surface area contributed by atoms with Crippen LogP contribution < -0.4 is 0 Å². The van der Waals surface area contributed by atoms with Crippen LogP contribution in [0.4, 0.5) is 0 Å². The molecule has 0 radical (unpaired) electrons. The lowest BCUT2D eigenvalue weighted by molar-refractivity contribution is 0.148. The molecule has 0 fully saturated rings. The Hall–Kier alpha value is -1.06. The Morgan fingerprint density at radius 3 is 2.62 bits per heavy atom. The van der Waals surface area contributed by atoms with E-state index in [0.29, 0.717) is 16.9 Å². The molecule has 1 aromatic heterocycles. The first-order chi connectivity index (χ1) is 7.66. The van der Waals surface area contributed by atoms with Crippen LogP contribution in [0.5, 0.6) is 0 Å². The highest BCUT2D eigenvalue weighted by atomic mass is 79.9. The van der Waals surface area contributed by atoms with Crippen LogP contribution in [0.2, 0.25) is 0 Å². The van der Waals surface area contributed by atoms with Crippen LogP contribution >= 0.6 is 15.9 Å². The summed E-state index contributed by atoms with van der Waals surface area (Å²) >= 11 is 3.22. The van der Waals surface area contributed by atoms with Gasteiger partial charge in [0, 0.05) is 6.42 Å². The third-order valence-corrected chi connectivity index (χ3v) is 3.02. The van der Waals surface area contributed by atoms with E-state index in [4.69, 9.17) is 4.42 Å². The summed E-state index contributed by atoms with van der Waals surface area (Å²) in [6.45, 7) is 2.04. The number of rotatable bonds is 3. The first kappa shape index (κ1) is 11.4. The molecule has 2 nitrogen and oxygen atoms in total. The fourth-order valence-corrected chi connectivity index (χ4v) is 1.97. The second kappa shape index (κ2) is 4.85. The Kier molecular flexibility index (Phi) is 3.46. The van der Waals surface area contributed by atoms with Crippen LogP contribution in [0, 0.1) is 6.92 Å². The Morgan fingerprint density at radius 2 is 2.00 bits per heavy atom. The van der Waals surface area contributed by atoms with Gasteiger partial charge in [0.05, 0.1) is 0 Å². The van der Waals surface area contributed by atoms with Gasteiger partial charge in [-0.05, 0) is 46.1 Å². The molecule has 3 heteroatoms. The molecular formula is C13H13BrO2. The zero-order chi connectivity index (χ0) is 11.5. The molecule has 1 heterocycles. The van der Waals surface area contributed by atoms with Crippen LogP contribution in [0.3, 0.4) is 0 Å². The van der Waals surface area contributed by atoms with Crippen LogP contribution in [0.15, 0.2) is 45.5 Å². The smallest absolute Gasteiger partial charge is 0.169 e. The number of aliphatic hydroxyl groups is 1. The minimum absolute atomic E-state index is 0.576. The molecule has 0 saturated carbocycles. The highest BCUT2D eigenvalue weighted by Gasteiger charge is 2.13. The normalized spacial score (nSPS) is 12.7. The molecule has 2 aromatic rings. The Morgan fingerprint density at radius 1 is 1.25 bits per heavy atom. The van der Waals surface area contributed by atoms with Crippen molar-refractivity contribution >= 4 is 15.9 Å². The Labute approximate surface area is 103 Å². The van der Waals surface area contributed by atoms with Gasteiger partial charge in [-0.15, -0.1) is 0 Å². The second-order valence-corrected chi connectivity index (χ2v) is 4.57. The van der Waals surface area contributed by atoms with Gasteiger partial charge in [0.1, 0.15) is 11.9 Å². The van der Waals surface area contributed by atoms with E-state index in [0.717, 1.165) is 5.56 Å². The fraction of sp³-hybridized carbons (Fsp3) is 0.231. The quantitative estimate of drug-likeness (QED) is 0.932. The summed E-state index contributed by atoms with van der Waals surface area (Å²) in [6, 6.07) is 11.6. The minimum Gasteiger partial charge on any atom is -0.452 e. The predicted molar refractivity (Wildman–Crippen MR) is 66.3 cm³/mol. The lowest BCUT2D eigenvalue weighted by atomic mass is 10.0. The molecule has 0 aliphatic carbocycles. The van der Waals surface area contributed by atoms with Gasteiger partial charge < -0.3 is 9.52 Å². The molecular weight excluding hydrogens is 268 g/mol. The number of aryl methyl sites for hydroxylation is 1. The maximum Gasteiger partial charge on any atom is 0.169 e. The monoisotopic (exact) mass is 280 g/mol. The summed E-state index contributed by atoms with van der Waals surface area (Å²) in [5.74, 6) is 0.593. The van der Waals surface area contributed by atoms with Gasteiger partial charge in [-0.3, -0.25) is 0 Å². The molecule has 1 unspecified atom stereocenters. The van der Waals surface area contributed by atoms with Gasteiger partial charge in [-0.25, -0.2) is 0 Å². The van der Waals surface area contributed by atoms with Crippen LogP contribution in [-0.4, -0.2) is 5.11 Å². The van der Waals surface area contributed by atoms with Crippen molar-refractivity contribution in [1.29, 1.82) is 0 Å². The third-order valence-electron chi connectivity index (χ3n) is 2.60. The highest BCUT2D eigenvalue weighted by molar-refractivity contribution is 9.10. The summed E-state index contributed by atoms with van der Waals surface area (Å²) in [4.78, 5) is 0. The standard InChI is InChI=1S/C13H13BrO2/c1-9-4-2-3-5-10(9)8-11(15)12-6-7-13(14)16-12/h2-7,11,15H,8H2,1H3. The van der Waals surface area contributed by atoms with Gasteiger partial charge in [0.15, 0.2) is 4.67 Å². The first-order valence-electron chi connectivity index (χ1n) is 5.14. The van der Waals surface area contributed by atoms with E-state index in [1.54, 1.807) is 12.1 Å². The van der Waals surface area contributed by atoms with Gasteiger partial charge in [-0.1, -0.05) is 24.3 Å². The largest absolute Gasteiger partial charge is 0.452 e. The van der Waals surface area contributed by atoms with Gasteiger partial charge in [0.2, 0.25) is 0 Å². The maximum absolute atomic E-state index is 10.00. The van der Waals surface area contributed by atoms with Crippen LogP contribution in [0.1, 0.15) is 23.0 Å². The lowest BCUT2D eigenvalue weighted by Crippen LogP contribution is -2.01. The Balaban J connectivity index is 2.13. The molecule has 2 rings (SSSR count). The van der Waals surface area contributed by atoms with E-state index in [1.165, 1.54) is 5.56 Å². The molecule has 16 heavy (non-hydrogen) atoms. The van der Waals surface area contributed by atoms with Crippen molar-refractivity contribution in [2.75, 3.05) is 0 Å². The zero-order valence-corrected chi connectivity index (χ0v) is 10.6. The van der Waals surface area contributed by atoms with Crippen LogP contribution in [-0.2, 0) is 6.42 Å². The summed E-state index contributed by atoms with van der Waals surface area (Å²) in [5.41, 5.74) is 2.33. The molecule has 0 aliphatic heterocycles. The van der Waals surface area contributed by atoms with E-state index < -0.39 is 6.10 Å². The summed E-state index contributed by atoms with van der Waals surface area (Å²) < 4.78 is 5.97. The van der Waals surface area contributed by atoms with Crippen molar-refractivity contribution in [1.82, 2.24) is 0 Å². The number of hydrogen-bond donors (Lipinski definition) is 1. The molecule has 1 aromatic carbocycles. The average Bonchev–Trinajstić information content (AvgIpc) is 2.68. The summed E-state index contributed by atoms with van der Waals surface area (Å²) in [6.07, 6.45) is -0.0144. The van der Waals surface area contributed by atoms with Crippen molar-refractivity contribution in [3.8, 4) is 0 Å². The SMILES string of the molecule is Cc1ccccc1CC(O)c1ccc(Br)o1. The number of hydrogen-bond acceptors (Lipinski definition) is 2. The third kappa shape index (κ3) is 2.54. The number of furan rings is 1.